The van der Waals surface area contributed by atoms with Gasteiger partial charge in [-0.05, 0) is 54.3 Å². The van der Waals surface area contributed by atoms with E-state index in [1.54, 1.807) is 0 Å². The molecule has 1 heterocycles. The fraction of sp³-hybridized carbons (Fsp3) is 0.300. The largest absolute Gasteiger partial charge is 0.394 e. The second-order valence-corrected chi connectivity index (χ2v) is 9.04. The van der Waals surface area contributed by atoms with Crippen LogP contribution in [0.3, 0.4) is 0 Å². The van der Waals surface area contributed by atoms with Crippen molar-refractivity contribution >= 4 is 11.3 Å². The molecule has 1 saturated heterocycles. The van der Waals surface area contributed by atoms with Gasteiger partial charge in [0.25, 0.3) is 0 Å². The standard InChI is InChI=1S/C30H32N2O/c1-4-12-24(13-5-1)28-22-27(31-33-21-20-32-18-10-11-19-32)23-29(25-14-6-2-7-15-25)30(28)26-16-8-3-9-17-26/h1-9,12-17,22,29-30H,10-11,18-21,23H2/b31-27+/t29-,30+/m1/s1. The Hall–Kier alpha value is -3.17. The van der Waals surface area contributed by atoms with Crippen LogP contribution in [0.4, 0.5) is 0 Å². The average molecular weight is 437 g/mol. The Labute approximate surface area is 197 Å². The van der Waals surface area contributed by atoms with Crippen LogP contribution in [0.1, 0.15) is 47.8 Å². The molecule has 168 valence electrons. The lowest BCUT2D eigenvalue weighted by molar-refractivity contribution is 0.118. The average Bonchev–Trinajstić information content (AvgIpc) is 3.41. The molecule has 5 rings (SSSR count). The third-order valence-corrected chi connectivity index (χ3v) is 6.86. The van der Waals surface area contributed by atoms with Crippen LogP contribution in [0, 0.1) is 0 Å². The van der Waals surface area contributed by atoms with Crippen molar-refractivity contribution in [1.82, 2.24) is 4.90 Å². The van der Waals surface area contributed by atoms with Gasteiger partial charge in [0, 0.05) is 24.8 Å². The molecule has 3 aromatic rings. The van der Waals surface area contributed by atoms with Crippen molar-refractivity contribution in [2.75, 3.05) is 26.2 Å². The van der Waals surface area contributed by atoms with Gasteiger partial charge in [0.05, 0.1) is 5.71 Å². The fourth-order valence-electron chi connectivity index (χ4n) is 5.23. The summed E-state index contributed by atoms with van der Waals surface area (Å²) in [6.45, 7) is 3.98. The van der Waals surface area contributed by atoms with E-state index in [1.165, 1.54) is 48.2 Å². The number of allylic oxidation sites excluding steroid dienone is 2. The van der Waals surface area contributed by atoms with Crippen molar-refractivity contribution in [3.05, 3.63) is 114 Å². The molecule has 1 fully saturated rings. The molecule has 0 aromatic heterocycles. The summed E-state index contributed by atoms with van der Waals surface area (Å²) in [7, 11) is 0. The summed E-state index contributed by atoms with van der Waals surface area (Å²) in [6, 6.07) is 32.5. The predicted molar refractivity (Wildman–Crippen MR) is 136 cm³/mol. The highest BCUT2D eigenvalue weighted by Crippen LogP contribution is 2.47. The maximum Gasteiger partial charge on any atom is 0.129 e. The zero-order chi connectivity index (χ0) is 22.3. The maximum absolute atomic E-state index is 5.85. The Morgan fingerprint density at radius 1 is 0.758 bits per heavy atom. The van der Waals surface area contributed by atoms with Crippen molar-refractivity contribution in [1.29, 1.82) is 0 Å². The minimum atomic E-state index is 0.263. The van der Waals surface area contributed by atoms with E-state index in [9.17, 15) is 0 Å². The minimum absolute atomic E-state index is 0.263. The van der Waals surface area contributed by atoms with Gasteiger partial charge in [-0.25, -0.2) is 0 Å². The van der Waals surface area contributed by atoms with Gasteiger partial charge in [-0.2, -0.15) is 0 Å². The lowest BCUT2D eigenvalue weighted by atomic mass is 9.69. The number of likely N-dealkylation sites (tertiary alicyclic amines) is 1. The second-order valence-electron chi connectivity index (χ2n) is 9.04. The van der Waals surface area contributed by atoms with E-state index in [2.05, 4.69) is 107 Å². The van der Waals surface area contributed by atoms with E-state index in [1.807, 2.05) is 0 Å². The van der Waals surface area contributed by atoms with Gasteiger partial charge in [-0.3, -0.25) is 4.90 Å². The molecular weight excluding hydrogens is 404 g/mol. The molecule has 0 bridgehead atoms. The van der Waals surface area contributed by atoms with Gasteiger partial charge in [0.2, 0.25) is 0 Å². The van der Waals surface area contributed by atoms with Crippen LogP contribution in [0.2, 0.25) is 0 Å². The van der Waals surface area contributed by atoms with E-state index < -0.39 is 0 Å². The number of rotatable bonds is 7. The Morgan fingerprint density at radius 2 is 1.36 bits per heavy atom. The van der Waals surface area contributed by atoms with Crippen LogP contribution in [-0.4, -0.2) is 36.9 Å². The van der Waals surface area contributed by atoms with Gasteiger partial charge in [0.1, 0.15) is 6.61 Å². The highest BCUT2D eigenvalue weighted by Gasteiger charge is 2.33. The highest BCUT2D eigenvalue weighted by molar-refractivity contribution is 6.04. The number of hydrogen-bond donors (Lipinski definition) is 0. The zero-order valence-electron chi connectivity index (χ0n) is 19.1. The van der Waals surface area contributed by atoms with Gasteiger partial charge in [-0.15, -0.1) is 0 Å². The van der Waals surface area contributed by atoms with Crippen LogP contribution in [0.15, 0.2) is 102 Å². The lowest BCUT2D eigenvalue weighted by Gasteiger charge is -2.34. The highest BCUT2D eigenvalue weighted by atomic mass is 16.6. The van der Waals surface area contributed by atoms with Crippen LogP contribution >= 0.6 is 0 Å². The van der Waals surface area contributed by atoms with Crippen LogP contribution < -0.4 is 0 Å². The molecule has 33 heavy (non-hydrogen) atoms. The molecule has 3 nitrogen and oxygen atoms in total. The van der Waals surface area contributed by atoms with Crippen LogP contribution in [0.25, 0.3) is 5.57 Å². The number of benzene rings is 3. The van der Waals surface area contributed by atoms with Crippen LogP contribution in [0.5, 0.6) is 0 Å². The van der Waals surface area contributed by atoms with Crippen LogP contribution in [-0.2, 0) is 4.84 Å². The zero-order valence-corrected chi connectivity index (χ0v) is 19.1. The summed E-state index contributed by atoms with van der Waals surface area (Å²) < 4.78 is 0. The molecule has 0 amide bonds. The minimum Gasteiger partial charge on any atom is -0.394 e. The first-order valence-electron chi connectivity index (χ1n) is 12.2. The monoisotopic (exact) mass is 436 g/mol. The fourth-order valence-corrected chi connectivity index (χ4v) is 5.23. The lowest BCUT2D eigenvalue weighted by Crippen LogP contribution is -2.24. The molecular formula is C30H32N2O. The van der Waals surface area contributed by atoms with Crippen molar-refractivity contribution in [3.63, 3.8) is 0 Å². The first-order chi connectivity index (χ1) is 16.4. The van der Waals surface area contributed by atoms with E-state index in [-0.39, 0.29) is 5.92 Å². The smallest absolute Gasteiger partial charge is 0.129 e. The molecule has 0 spiro atoms. The quantitative estimate of drug-likeness (QED) is 0.311. The molecule has 0 N–H and O–H groups in total. The summed E-state index contributed by atoms with van der Waals surface area (Å²) in [4.78, 5) is 8.31. The van der Waals surface area contributed by atoms with Gasteiger partial charge in [0.15, 0.2) is 0 Å². The van der Waals surface area contributed by atoms with E-state index in [4.69, 9.17) is 4.84 Å². The first kappa shape index (κ1) is 21.7. The normalized spacial score (nSPS) is 22.3. The van der Waals surface area contributed by atoms with E-state index >= 15 is 0 Å². The molecule has 2 atom stereocenters. The van der Waals surface area contributed by atoms with E-state index in [0.29, 0.717) is 12.5 Å². The SMILES string of the molecule is C1=C(c2ccccc2)[C@H](c2ccccc2)[C@@H](c2ccccc2)C/C1=N/OCCN1CCCC1. The van der Waals surface area contributed by atoms with Crippen molar-refractivity contribution in [2.45, 2.75) is 31.1 Å². The molecule has 3 heteroatoms. The maximum atomic E-state index is 5.85. The van der Waals surface area contributed by atoms with Gasteiger partial charge in [-0.1, -0.05) is 96.2 Å². The molecule has 1 aliphatic carbocycles. The summed E-state index contributed by atoms with van der Waals surface area (Å²) >= 11 is 0. The molecule has 0 saturated carbocycles. The summed E-state index contributed by atoms with van der Waals surface area (Å²) in [6.07, 6.45) is 5.74. The summed E-state index contributed by atoms with van der Waals surface area (Å²) in [5.41, 5.74) is 6.27. The third-order valence-electron chi connectivity index (χ3n) is 6.86. The topological polar surface area (TPSA) is 24.8 Å². The van der Waals surface area contributed by atoms with Crippen molar-refractivity contribution in [3.8, 4) is 0 Å². The Bertz CT molecular complexity index is 1070. The molecule has 2 aliphatic rings. The summed E-state index contributed by atoms with van der Waals surface area (Å²) in [5, 5.41) is 4.64. The Kier molecular flexibility index (Phi) is 6.98. The van der Waals surface area contributed by atoms with E-state index in [0.717, 1.165) is 18.7 Å². The Balaban J connectivity index is 1.49. The summed E-state index contributed by atoms with van der Waals surface area (Å²) in [5.74, 6) is 0.564. The van der Waals surface area contributed by atoms with Gasteiger partial charge < -0.3 is 4.84 Å². The molecule has 3 aromatic carbocycles. The van der Waals surface area contributed by atoms with Crippen molar-refractivity contribution < 1.29 is 4.84 Å². The van der Waals surface area contributed by atoms with Crippen molar-refractivity contribution in [2.24, 2.45) is 5.16 Å². The second kappa shape index (κ2) is 10.6. The van der Waals surface area contributed by atoms with Gasteiger partial charge >= 0.3 is 0 Å². The third kappa shape index (κ3) is 5.26. The number of oxime groups is 1. The Morgan fingerprint density at radius 3 is 2.03 bits per heavy atom. The number of hydrogen-bond acceptors (Lipinski definition) is 3. The molecule has 0 unspecified atom stereocenters. The first-order valence-corrected chi connectivity index (χ1v) is 12.2. The molecule has 1 aliphatic heterocycles. The molecule has 0 radical (unpaired) electrons. The number of nitrogens with zero attached hydrogens (tertiary/aromatic N) is 2. The predicted octanol–water partition coefficient (Wildman–Crippen LogP) is 6.51.